The minimum Gasteiger partial charge on any atom is -0.468 e. The summed E-state index contributed by atoms with van der Waals surface area (Å²) in [6.07, 6.45) is 2.51. The van der Waals surface area contributed by atoms with Gasteiger partial charge in [-0.2, -0.15) is 0 Å². The van der Waals surface area contributed by atoms with Crippen molar-refractivity contribution in [2.75, 3.05) is 6.61 Å². The van der Waals surface area contributed by atoms with Gasteiger partial charge in [-0.05, 0) is 36.2 Å². The van der Waals surface area contributed by atoms with Gasteiger partial charge in [0.2, 0.25) is 0 Å². The monoisotopic (exact) mass is 279 g/mol. The minimum absolute atomic E-state index is 0.00935. The summed E-state index contributed by atoms with van der Waals surface area (Å²) in [6.45, 7) is 2.08. The highest BCUT2D eigenvalue weighted by Crippen LogP contribution is 2.24. The van der Waals surface area contributed by atoms with Crippen LogP contribution in [-0.4, -0.2) is 11.7 Å². The van der Waals surface area contributed by atoms with E-state index in [9.17, 15) is 5.11 Å². The fourth-order valence-electron chi connectivity index (χ4n) is 2.13. The van der Waals surface area contributed by atoms with E-state index in [4.69, 9.17) is 16.0 Å². The fourth-order valence-corrected chi connectivity index (χ4v) is 2.33. The van der Waals surface area contributed by atoms with Crippen molar-refractivity contribution < 1.29 is 9.52 Å². The average molecular weight is 280 g/mol. The number of benzene rings is 1. The topological polar surface area (TPSA) is 45.4 Å². The lowest BCUT2D eigenvalue weighted by molar-refractivity contribution is 0.213. The number of hydrogen-bond donors (Lipinski definition) is 2. The molecule has 2 rings (SSSR count). The van der Waals surface area contributed by atoms with Crippen LogP contribution in [0.15, 0.2) is 47.1 Å². The molecule has 19 heavy (non-hydrogen) atoms. The Morgan fingerprint density at radius 3 is 2.68 bits per heavy atom. The molecule has 0 saturated heterocycles. The molecule has 2 unspecified atom stereocenters. The first kappa shape index (κ1) is 14.1. The van der Waals surface area contributed by atoms with Gasteiger partial charge in [0, 0.05) is 11.1 Å². The number of aliphatic hydroxyl groups is 1. The average Bonchev–Trinajstić information content (AvgIpc) is 2.94. The second-order valence-electron chi connectivity index (χ2n) is 4.43. The summed E-state index contributed by atoms with van der Waals surface area (Å²) in [5, 5.41) is 13.6. The summed E-state index contributed by atoms with van der Waals surface area (Å²) < 4.78 is 5.34. The second kappa shape index (κ2) is 6.75. The first-order valence-corrected chi connectivity index (χ1v) is 6.78. The van der Waals surface area contributed by atoms with Crippen molar-refractivity contribution in [2.24, 2.45) is 0 Å². The maximum Gasteiger partial charge on any atom is 0.123 e. The Morgan fingerprint density at radius 2 is 2.11 bits per heavy atom. The number of aliphatic hydroxyl groups excluding tert-OH is 1. The highest BCUT2D eigenvalue weighted by atomic mass is 35.5. The molecular formula is C15H18ClNO2. The molecule has 3 nitrogen and oxygen atoms in total. The van der Waals surface area contributed by atoms with Crippen molar-refractivity contribution in [1.29, 1.82) is 0 Å². The van der Waals surface area contributed by atoms with E-state index in [1.54, 1.807) is 6.26 Å². The van der Waals surface area contributed by atoms with Gasteiger partial charge in [-0.3, -0.25) is 5.32 Å². The molecule has 102 valence electrons. The van der Waals surface area contributed by atoms with E-state index in [1.165, 1.54) is 0 Å². The van der Waals surface area contributed by atoms with Crippen LogP contribution in [0.25, 0.3) is 0 Å². The van der Waals surface area contributed by atoms with Crippen LogP contribution in [0.2, 0.25) is 5.02 Å². The Labute approximate surface area is 118 Å². The standard InChI is InChI=1S/C15H18ClNO2/c1-2-13(11-5-3-6-12(16)9-11)17-14(10-18)15-7-4-8-19-15/h3-9,13-14,17-18H,2,10H2,1H3. The predicted molar refractivity (Wildman–Crippen MR) is 76.2 cm³/mol. The second-order valence-corrected chi connectivity index (χ2v) is 4.87. The van der Waals surface area contributed by atoms with Crippen molar-refractivity contribution in [3.63, 3.8) is 0 Å². The lowest BCUT2D eigenvalue weighted by Gasteiger charge is -2.23. The van der Waals surface area contributed by atoms with Gasteiger partial charge < -0.3 is 9.52 Å². The Bertz CT molecular complexity index is 499. The third-order valence-electron chi connectivity index (χ3n) is 3.13. The Kier molecular flexibility index (Phi) is 5.02. The van der Waals surface area contributed by atoms with E-state index in [2.05, 4.69) is 12.2 Å². The van der Waals surface area contributed by atoms with Crippen molar-refractivity contribution in [3.8, 4) is 0 Å². The third-order valence-corrected chi connectivity index (χ3v) is 3.37. The number of halogens is 1. The molecule has 0 saturated carbocycles. The molecule has 1 aromatic heterocycles. The van der Waals surface area contributed by atoms with Gasteiger partial charge in [-0.1, -0.05) is 30.7 Å². The van der Waals surface area contributed by atoms with E-state index in [1.807, 2.05) is 36.4 Å². The van der Waals surface area contributed by atoms with Crippen LogP contribution in [0.5, 0.6) is 0 Å². The lowest BCUT2D eigenvalue weighted by Crippen LogP contribution is -2.28. The van der Waals surface area contributed by atoms with E-state index >= 15 is 0 Å². The SMILES string of the molecule is CCC(NC(CO)c1ccco1)c1cccc(Cl)c1. The van der Waals surface area contributed by atoms with Crippen LogP contribution in [-0.2, 0) is 0 Å². The quantitative estimate of drug-likeness (QED) is 0.847. The highest BCUT2D eigenvalue weighted by molar-refractivity contribution is 6.30. The summed E-state index contributed by atoms with van der Waals surface area (Å²) in [7, 11) is 0. The van der Waals surface area contributed by atoms with Crippen molar-refractivity contribution in [1.82, 2.24) is 5.32 Å². The maximum absolute atomic E-state index is 9.50. The zero-order valence-corrected chi connectivity index (χ0v) is 11.6. The molecule has 0 radical (unpaired) electrons. The van der Waals surface area contributed by atoms with E-state index < -0.39 is 0 Å². The largest absolute Gasteiger partial charge is 0.468 e. The van der Waals surface area contributed by atoms with Gasteiger partial charge in [0.25, 0.3) is 0 Å². The van der Waals surface area contributed by atoms with Gasteiger partial charge in [-0.25, -0.2) is 0 Å². The Morgan fingerprint density at radius 1 is 1.26 bits per heavy atom. The van der Waals surface area contributed by atoms with E-state index in [0.717, 1.165) is 22.8 Å². The summed E-state index contributed by atoms with van der Waals surface area (Å²) in [6, 6.07) is 11.4. The number of rotatable bonds is 6. The van der Waals surface area contributed by atoms with Gasteiger partial charge in [0.15, 0.2) is 0 Å². The molecule has 0 aliphatic heterocycles. The van der Waals surface area contributed by atoms with Crippen LogP contribution in [0.3, 0.4) is 0 Å². The van der Waals surface area contributed by atoms with Crippen LogP contribution in [0.4, 0.5) is 0 Å². The molecule has 0 amide bonds. The molecule has 1 heterocycles. The van der Waals surface area contributed by atoms with Crippen molar-refractivity contribution >= 4 is 11.6 Å². The van der Waals surface area contributed by atoms with Gasteiger partial charge in [0.1, 0.15) is 5.76 Å². The van der Waals surface area contributed by atoms with Crippen LogP contribution in [0, 0.1) is 0 Å². The molecule has 1 aromatic carbocycles. The number of furan rings is 1. The first-order chi connectivity index (χ1) is 9.24. The molecule has 4 heteroatoms. The molecular weight excluding hydrogens is 262 g/mol. The van der Waals surface area contributed by atoms with Crippen molar-refractivity contribution in [3.05, 3.63) is 59.0 Å². The van der Waals surface area contributed by atoms with Crippen LogP contribution < -0.4 is 5.32 Å². The molecule has 2 aromatic rings. The molecule has 0 bridgehead atoms. The zero-order chi connectivity index (χ0) is 13.7. The third kappa shape index (κ3) is 3.60. The van der Waals surface area contributed by atoms with Gasteiger partial charge >= 0.3 is 0 Å². The minimum atomic E-state index is -0.209. The van der Waals surface area contributed by atoms with Gasteiger partial charge in [-0.15, -0.1) is 0 Å². The lowest BCUT2D eigenvalue weighted by atomic mass is 10.0. The maximum atomic E-state index is 9.50. The number of hydrogen-bond acceptors (Lipinski definition) is 3. The van der Waals surface area contributed by atoms with E-state index in [-0.39, 0.29) is 18.7 Å². The summed E-state index contributed by atoms with van der Waals surface area (Å²) in [4.78, 5) is 0. The fraction of sp³-hybridized carbons (Fsp3) is 0.333. The molecule has 2 atom stereocenters. The highest BCUT2D eigenvalue weighted by Gasteiger charge is 2.18. The van der Waals surface area contributed by atoms with Crippen LogP contribution >= 0.6 is 11.6 Å². The molecule has 0 fully saturated rings. The predicted octanol–water partition coefficient (Wildman–Crippen LogP) is 3.71. The molecule has 0 aliphatic rings. The summed E-state index contributed by atoms with van der Waals surface area (Å²) in [5.74, 6) is 0.739. The first-order valence-electron chi connectivity index (χ1n) is 6.40. The smallest absolute Gasteiger partial charge is 0.123 e. The summed E-state index contributed by atoms with van der Waals surface area (Å²) >= 11 is 6.02. The molecule has 0 spiro atoms. The molecule has 0 aliphatic carbocycles. The Hall–Kier alpha value is -1.29. The summed E-state index contributed by atoms with van der Waals surface area (Å²) in [5.41, 5.74) is 1.11. The van der Waals surface area contributed by atoms with Gasteiger partial charge in [0.05, 0.1) is 18.9 Å². The number of nitrogens with one attached hydrogen (secondary N) is 1. The normalized spacial score (nSPS) is 14.3. The van der Waals surface area contributed by atoms with E-state index in [0.29, 0.717) is 0 Å². The van der Waals surface area contributed by atoms with Crippen molar-refractivity contribution in [2.45, 2.75) is 25.4 Å². The molecule has 2 N–H and O–H groups in total. The Balaban J connectivity index is 2.14. The zero-order valence-electron chi connectivity index (χ0n) is 10.8. The van der Waals surface area contributed by atoms with Crippen LogP contribution in [0.1, 0.15) is 36.8 Å².